The summed E-state index contributed by atoms with van der Waals surface area (Å²) in [6.07, 6.45) is 3.07. The van der Waals surface area contributed by atoms with Gasteiger partial charge in [0.1, 0.15) is 5.54 Å². The van der Waals surface area contributed by atoms with Crippen molar-refractivity contribution in [2.75, 3.05) is 7.11 Å². The van der Waals surface area contributed by atoms with E-state index in [2.05, 4.69) is 12.2 Å². The van der Waals surface area contributed by atoms with Crippen molar-refractivity contribution >= 4 is 24.3 Å². The molecule has 1 fully saturated rings. The quantitative estimate of drug-likeness (QED) is 0.755. The van der Waals surface area contributed by atoms with Gasteiger partial charge in [0.15, 0.2) is 0 Å². The number of esters is 1. The number of nitrogens with one attached hydrogen (secondary N) is 1. The van der Waals surface area contributed by atoms with E-state index < -0.39 is 11.6 Å². The molecule has 6 heteroatoms. The van der Waals surface area contributed by atoms with Gasteiger partial charge in [0, 0.05) is 0 Å². The molecule has 0 aliphatic heterocycles. The monoisotopic (exact) mass is 278 g/mol. The highest BCUT2D eigenvalue weighted by atomic mass is 35.5. The molecular weight excluding hydrogens is 256 g/mol. The molecule has 5 nitrogen and oxygen atoms in total. The summed E-state index contributed by atoms with van der Waals surface area (Å²) in [7, 11) is 1.35. The second kappa shape index (κ2) is 6.95. The Balaban J connectivity index is 0.00000289. The summed E-state index contributed by atoms with van der Waals surface area (Å²) in [6.45, 7) is 3.75. The second-order valence-corrected chi connectivity index (χ2v) is 5.03. The zero-order valence-corrected chi connectivity index (χ0v) is 12.0. The van der Waals surface area contributed by atoms with Crippen LogP contribution in [0.25, 0.3) is 0 Å². The maximum Gasteiger partial charge on any atom is 0.331 e. The Morgan fingerprint density at radius 3 is 2.28 bits per heavy atom. The highest BCUT2D eigenvalue weighted by Gasteiger charge is 2.43. The van der Waals surface area contributed by atoms with E-state index in [9.17, 15) is 9.59 Å². The first-order valence-corrected chi connectivity index (χ1v) is 6.07. The van der Waals surface area contributed by atoms with Crippen molar-refractivity contribution in [2.24, 2.45) is 11.7 Å². The summed E-state index contributed by atoms with van der Waals surface area (Å²) in [5.74, 6) is -0.0802. The number of halogens is 1. The number of nitrogens with two attached hydrogens (primary N) is 1. The lowest BCUT2D eigenvalue weighted by atomic mass is 9.77. The van der Waals surface area contributed by atoms with Gasteiger partial charge in [0.25, 0.3) is 0 Å². The van der Waals surface area contributed by atoms with Crippen LogP contribution in [-0.2, 0) is 14.3 Å². The molecule has 0 heterocycles. The van der Waals surface area contributed by atoms with E-state index in [0.29, 0.717) is 18.8 Å². The lowest BCUT2D eigenvalue weighted by Crippen LogP contribution is -2.59. The van der Waals surface area contributed by atoms with E-state index in [0.717, 1.165) is 12.8 Å². The predicted molar refractivity (Wildman–Crippen MR) is 71.4 cm³/mol. The molecular formula is C12H23ClN2O3. The molecule has 1 saturated carbocycles. The lowest BCUT2D eigenvalue weighted by molar-refractivity contribution is -0.153. The average Bonchev–Trinajstić information content (AvgIpc) is 2.31. The van der Waals surface area contributed by atoms with Gasteiger partial charge in [-0.3, -0.25) is 4.79 Å². The molecule has 0 aromatic carbocycles. The summed E-state index contributed by atoms with van der Waals surface area (Å²) in [4.78, 5) is 23.6. The molecule has 18 heavy (non-hydrogen) atoms. The van der Waals surface area contributed by atoms with Crippen LogP contribution in [0, 0.1) is 5.92 Å². The SMILES string of the molecule is COC(=O)C1(NC(=O)[C@H](C)N)CCC(C)CC1.Cl. The maximum atomic E-state index is 11.9. The van der Waals surface area contributed by atoms with Crippen molar-refractivity contribution in [3.63, 3.8) is 0 Å². The molecule has 0 bridgehead atoms. The zero-order valence-electron chi connectivity index (χ0n) is 11.2. The van der Waals surface area contributed by atoms with Crippen LogP contribution in [0.1, 0.15) is 39.5 Å². The summed E-state index contributed by atoms with van der Waals surface area (Å²) < 4.78 is 4.81. The molecule has 0 aromatic heterocycles. The third kappa shape index (κ3) is 3.85. The maximum absolute atomic E-state index is 11.9. The Morgan fingerprint density at radius 1 is 1.39 bits per heavy atom. The largest absolute Gasteiger partial charge is 0.467 e. The van der Waals surface area contributed by atoms with Gasteiger partial charge in [-0.15, -0.1) is 12.4 Å². The third-order valence-electron chi connectivity index (χ3n) is 3.48. The fourth-order valence-electron chi connectivity index (χ4n) is 2.18. The Morgan fingerprint density at radius 2 is 1.89 bits per heavy atom. The first kappa shape index (κ1) is 17.2. The van der Waals surface area contributed by atoms with Gasteiger partial charge in [0.05, 0.1) is 13.2 Å². The number of hydrogen-bond donors (Lipinski definition) is 2. The molecule has 1 aliphatic rings. The zero-order chi connectivity index (χ0) is 13.1. The average molecular weight is 279 g/mol. The van der Waals surface area contributed by atoms with E-state index in [4.69, 9.17) is 10.5 Å². The van der Waals surface area contributed by atoms with Crippen LogP contribution in [0.15, 0.2) is 0 Å². The minimum absolute atomic E-state index is 0. The molecule has 1 amide bonds. The Labute approximate surface area is 114 Å². The number of rotatable bonds is 3. The van der Waals surface area contributed by atoms with Crippen molar-refractivity contribution in [1.82, 2.24) is 5.32 Å². The van der Waals surface area contributed by atoms with Crippen LogP contribution in [0.2, 0.25) is 0 Å². The Kier molecular flexibility index (Phi) is 6.63. The Hall–Kier alpha value is -0.810. The van der Waals surface area contributed by atoms with E-state index in [-0.39, 0.29) is 24.3 Å². The molecule has 1 rings (SSSR count). The third-order valence-corrected chi connectivity index (χ3v) is 3.48. The van der Waals surface area contributed by atoms with Gasteiger partial charge < -0.3 is 15.8 Å². The molecule has 1 aliphatic carbocycles. The normalized spacial score (nSPS) is 28.8. The second-order valence-electron chi connectivity index (χ2n) is 5.03. The number of amides is 1. The van der Waals surface area contributed by atoms with Crippen LogP contribution in [0.5, 0.6) is 0 Å². The topological polar surface area (TPSA) is 81.4 Å². The fraction of sp³-hybridized carbons (Fsp3) is 0.833. The first-order chi connectivity index (χ1) is 7.91. The summed E-state index contributed by atoms with van der Waals surface area (Å²) in [5, 5.41) is 2.76. The summed E-state index contributed by atoms with van der Waals surface area (Å²) >= 11 is 0. The highest BCUT2D eigenvalue weighted by molar-refractivity contribution is 5.90. The molecule has 0 unspecified atom stereocenters. The number of ether oxygens (including phenoxy) is 1. The van der Waals surface area contributed by atoms with E-state index in [1.165, 1.54) is 7.11 Å². The summed E-state index contributed by atoms with van der Waals surface area (Å²) in [5.41, 5.74) is 4.65. The molecule has 0 aromatic rings. The molecule has 3 N–H and O–H groups in total. The highest BCUT2D eigenvalue weighted by Crippen LogP contribution is 2.32. The number of carbonyl (C=O) groups is 2. The van der Waals surface area contributed by atoms with Crippen LogP contribution in [-0.4, -0.2) is 30.6 Å². The van der Waals surface area contributed by atoms with Crippen LogP contribution in [0.4, 0.5) is 0 Å². The van der Waals surface area contributed by atoms with Crippen molar-refractivity contribution in [2.45, 2.75) is 51.1 Å². The van der Waals surface area contributed by atoms with Crippen LogP contribution < -0.4 is 11.1 Å². The standard InChI is InChI=1S/C12H22N2O3.ClH/c1-8-4-6-12(7-5-8,11(16)17-3)14-10(15)9(2)13;/h8-9H,4-7,13H2,1-3H3,(H,14,15);1H/t8?,9-,12?;/m0./s1. The van der Waals surface area contributed by atoms with E-state index in [1.807, 2.05) is 0 Å². The van der Waals surface area contributed by atoms with Crippen molar-refractivity contribution in [3.05, 3.63) is 0 Å². The molecule has 0 saturated heterocycles. The van der Waals surface area contributed by atoms with Gasteiger partial charge >= 0.3 is 5.97 Å². The predicted octanol–water partition coefficient (Wildman–Crippen LogP) is 0.993. The molecule has 106 valence electrons. The number of hydrogen-bond acceptors (Lipinski definition) is 4. The van der Waals surface area contributed by atoms with E-state index >= 15 is 0 Å². The minimum atomic E-state index is -0.869. The van der Waals surface area contributed by atoms with Gasteiger partial charge in [-0.2, -0.15) is 0 Å². The molecule has 1 atom stereocenters. The minimum Gasteiger partial charge on any atom is -0.467 e. The fourth-order valence-corrected chi connectivity index (χ4v) is 2.18. The van der Waals surface area contributed by atoms with Gasteiger partial charge in [-0.05, 0) is 38.5 Å². The number of methoxy groups -OCH3 is 1. The smallest absolute Gasteiger partial charge is 0.331 e. The van der Waals surface area contributed by atoms with Crippen molar-refractivity contribution in [1.29, 1.82) is 0 Å². The lowest BCUT2D eigenvalue weighted by Gasteiger charge is -2.37. The van der Waals surface area contributed by atoms with E-state index in [1.54, 1.807) is 6.92 Å². The van der Waals surface area contributed by atoms with Crippen molar-refractivity contribution < 1.29 is 14.3 Å². The van der Waals surface area contributed by atoms with Crippen LogP contribution >= 0.6 is 12.4 Å². The first-order valence-electron chi connectivity index (χ1n) is 6.07. The van der Waals surface area contributed by atoms with Gasteiger partial charge in [-0.25, -0.2) is 4.79 Å². The Bertz CT molecular complexity index is 300. The number of carbonyl (C=O) groups excluding carboxylic acids is 2. The summed E-state index contributed by atoms with van der Waals surface area (Å²) in [6, 6.07) is -0.615. The molecule has 0 spiro atoms. The van der Waals surface area contributed by atoms with Gasteiger partial charge in [-0.1, -0.05) is 6.92 Å². The van der Waals surface area contributed by atoms with Crippen molar-refractivity contribution in [3.8, 4) is 0 Å². The molecule has 0 radical (unpaired) electrons. The van der Waals surface area contributed by atoms with Gasteiger partial charge in [0.2, 0.25) is 5.91 Å². The van der Waals surface area contributed by atoms with Crippen LogP contribution in [0.3, 0.4) is 0 Å².